The van der Waals surface area contributed by atoms with Crippen molar-refractivity contribution in [2.45, 2.75) is 38.9 Å². The first kappa shape index (κ1) is 18.5. The third-order valence-corrected chi connectivity index (χ3v) is 3.88. The quantitative estimate of drug-likeness (QED) is 0.681. The molecule has 132 valence electrons. The smallest absolute Gasteiger partial charge is 0.286 e. The Morgan fingerprint density at radius 1 is 1.33 bits per heavy atom. The van der Waals surface area contributed by atoms with Crippen LogP contribution in [0.3, 0.4) is 0 Å². The number of benzene rings is 1. The first-order valence-electron chi connectivity index (χ1n) is 8.62. The zero-order valence-electron chi connectivity index (χ0n) is 14.2. The van der Waals surface area contributed by atoms with Crippen molar-refractivity contribution < 1.29 is 19.4 Å². The molecule has 1 amide bonds. The summed E-state index contributed by atoms with van der Waals surface area (Å²) in [6.45, 7) is 3.31. The molecular formula is C19H27NO4. The van der Waals surface area contributed by atoms with Crippen molar-refractivity contribution >= 4 is 5.91 Å². The fourth-order valence-corrected chi connectivity index (χ4v) is 2.57. The number of hydrogen-bond acceptors (Lipinski definition) is 4. The number of aliphatic hydroxyl groups excluding tert-OH is 1. The van der Waals surface area contributed by atoms with E-state index in [9.17, 15) is 4.79 Å². The van der Waals surface area contributed by atoms with E-state index >= 15 is 0 Å². The second-order valence-electron chi connectivity index (χ2n) is 6.08. The fourth-order valence-electron chi connectivity index (χ4n) is 2.57. The molecule has 1 aromatic rings. The Bertz CT molecular complexity index is 529. The van der Waals surface area contributed by atoms with E-state index in [1.807, 2.05) is 43.3 Å². The highest BCUT2D eigenvalue weighted by Crippen LogP contribution is 2.23. The summed E-state index contributed by atoms with van der Waals surface area (Å²) in [5, 5.41) is 11.7. The Hall–Kier alpha value is -1.85. The Morgan fingerprint density at radius 3 is 2.88 bits per heavy atom. The van der Waals surface area contributed by atoms with Gasteiger partial charge in [0.25, 0.3) is 5.91 Å². The highest BCUT2D eigenvalue weighted by Gasteiger charge is 2.25. The Morgan fingerprint density at radius 2 is 2.12 bits per heavy atom. The first-order chi connectivity index (χ1) is 11.7. The monoisotopic (exact) mass is 333 g/mol. The number of hydrogen-bond donors (Lipinski definition) is 2. The molecule has 0 radical (unpaired) electrons. The van der Waals surface area contributed by atoms with Gasteiger partial charge in [-0.25, -0.2) is 0 Å². The van der Waals surface area contributed by atoms with Crippen LogP contribution in [-0.4, -0.2) is 37.1 Å². The molecule has 0 saturated heterocycles. The van der Waals surface area contributed by atoms with Gasteiger partial charge in [0.1, 0.15) is 0 Å². The summed E-state index contributed by atoms with van der Waals surface area (Å²) in [5.74, 6) is 0.381. The van der Waals surface area contributed by atoms with Gasteiger partial charge in [-0.3, -0.25) is 4.79 Å². The molecule has 5 nitrogen and oxygen atoms in total. The summed E-state index contributed by atoms with van der Waals surface area (Å²) >= 11 is 0. The number of rotatable bonds is 9. The molecule has 24 heavy (non-hydrogen) atoms. The van der Waals surface area contributed by atoms with Gasteiger partial charge in [-0.05, 0) is 36.8 Å². The van der Waals surface area contributed by atoms with E-state index in [1.165, 1.54) is 5.56 Å². The molecule has 1 aliphatic heterocycles. The molecule has 0 bridgehead atoms. The largest absolute Gasteiger partial charge is 0.459 e. The van der Waals surface area contributed by atoms with Crippen LogP contribution >= 0.6 is 0 Å². The number of aliphatic hydroxyl groups is 1. The third-order valence-electron chi connectivity index (χ3n) is 3.88. The number of carbonyl (C=O) groups excluding carboxylic acids is 1. The van der Waals surface area contributed by atoms with Gasteiger partial charge in [0.2, 0.25) is 6.29 Å². The lowest BCUT2D eigenvalue weighted by Gasteiger charge is -2.27. The zero-order chi connectivity index (χ0) is 17.2. The fraction of sp³-hybridized carbons (Fsp3) is 0.526. The molecule has 2 N–H and O–H groups in total. The van der Waals surface area contributed by atoms with Crippen LogP contribution in [0.4, 0.5) is 0 Å². The van der Waals surface area contributed by atoms with Gasteiger partial charge >= 0.3 is 0 Å². The van der Waals surface area contributed by atoms with E-state index in [4.69, 9.17) is 14.6 Å². The van der Waals surface area contributed by atoms with Crippen LogP contribution < -0.4 is 5.32 Å². The molecule has 2 rings (SSSR count). The van der Waals surface area contributed by atoms with Crippen LogP contribution in [-0.2, 0) is 20.7 Å². The highest BCUT2D eigenvalue weighted by atomic mass is 16.7. The van der Waals surface area contributed by atoms with Crippen LogP contribution in [0.2, 0.25) is 0 Å². The van der Waals surface area contributed by atoms with E-state index in [1.54, 1.807) is 0 Å². The maximum absolute atomic E-state index is 12.3. The lowest BCUT2D eigenvalue weighted by atomic mass is 10.0. The van der Waals surface area contributed by atoms with E-state index in [0.29, 0.717) is 25.3 Å². The van der Waals surface area contributed by atoms with Gasteiger partial charge in [-0.1, -0.05) is 37.3 Å². The summed E-state index contributed by atoms with van der Waals surface area (Å²) in [6.07, 6.45) is 4.48. The lowest BCUT2D eigenvalue weighted by Crippen LogP contribution is -2.33. The number of amides is 1. The maximum Gasteiger partial charge on any atom is 0.286 e. The number of nitrogens with one attached hydrogen (secondary N) is 1. The normalized spacial score (nSPS) is 20.2. The predicted molar refractivity (Wildman–Crippen MR) is 92.2 cm³/mol. The van der Waals surface area contributed by atoms with E-state index in [2.05, 4.69) is 5.32 Å². The van der Waals surface area contributed by atoms with Crippen LogP contribution in [0.25, 0.3) is 0 Å². The summed E-state index contributed by atoms with van der Waals surface area (Å²) in [4.78, 5) is 12.3. The predicted octanol–water partition coefficient (Wildman–Crippen LogP) is 2.40. The SMILES string of the molecule is C[C@@H]1C=C(C(=O)NCCc2ccccc2)O[C@H](OCCCCO)C1. The molecule has 0 fully saturated rings. The van der Waals surface area contributed by atoms with E-state index in [0.717, 1.165) is 19.3 Å². The average Bonchev–Trinajstić information content (AvgIpc) is 2.59. The summed E-state index contributed by atoms with van der Waals surface area (Å²) in [5.41, 5.74) is 1.19. The molecule has 0 unspecified atom stereocenters. The number of ether oxygens (including phenoxy) is 2. The van der Waals surface area contributed by atoms with Gasteiger partial charge in [0, 0.05) is 19.6 Å². The lowest BCUT2D eigenvalue weighted by molar-refractivity contribution is -0.148. The van der Waals surface area contributed by atoms with E-state index in [-0.39, 0.29) is 18.4 Å². The second-order valence-corrected chi connectivity index (χ2v) is 6.08. The van der Waals surface area contributed by atoms with Crippen molar-refractivity contribution in [1.29, 1.82) is 0 Å². The minimum atomic E-state index is -0.390. The minimum absolute atomic E-state index is 0.167. The third kappa shape index (κ3) is 6.34. The first-order valence-corrected chi connectivity index (χ1v) is 8.62. The average molecular weight is 333 g/mol. The van der Waals surface area contributed by atoms with Gasteiger partial charge in [0.05, 0.1) is 6.61 Å². The molecule has 0 spiro atoms. The Kier molecular flexibility index (Phi) is 7.79. The van der Waals surface area contributed by atoms with Crippen molar-refractivity contribution in [2.24, 2.45) is 5.92 Å². The summed E-state index contributed by atoms with van der Waals surface area (Å²) in [6, 6.07) is 10.0. The van der Waals surface area contributed by atoms with Gasteiger partial charge in [0.15, 0.2) is 5.76 Å². The Labute approximate surface area is 143 Å². The molecule has 1 aromatic carbocycles. The van der Waals surface area contributed by atoms with Crippen LogP contribution in [0.5, 0.6) is 0 Å². The molecule has 1 heterocycles. The summed E-state index contributed by atoms with van der Waals surface area (Å²) in [7, 11) is 0. The number of allylic oxidation sites excluding steroid dienone is 1. The number of unbranched alkanes of at least 4 members (excludes halogenated alkanes) is 1. The van der Waals surface area contributed by atoms with Crippen molar-refractivity contribution in [3.63, 3.8) is 0 Å². The highest BCUT2D eigenvalue weighted by molar-refractivity contribution is 5.91. The Balaban J connectivity index is 1.75. The standard InChI is InChI=1S/C19H27NO4/c1-15-13-17(24-18(14-15)23-12-6-5-11-21)19(22)20-10-9-16-7-3-2-4-8-16/h2-4,7-8,13,15,18,21H,5-6,9-12,14H2,1H3,(H,20,22)/t15-,18+/m1/s1. The number of carbonyl (C=O) groups is 1. The van der Waals surface area contributed by atoms with Crippen LogP contribution in [0, 0.1) is 5.92 Å². The van der Waals surface area contributed by atoms with Crippen LogP contribution in [0.1, 0.15) is 31.7 Å². The van der Waals surface area contributed by atoms with Crippen LogP contribution in [0.15, 0.2) is 42.2 Å². The topological polar surface area (TPSA) is 67.8 Å². The molecule has 0 aliphatic carbocycles. The second kappa shape index (κ2) is 10.1. The van der Waals surface area contributed by atoms with Gasteiger partial charge in [-0.2, -0.15) is 0 Å². The van der Waals surface area contributed by atoms with Gasteiger partial charge in [-0.15, -0.1) is 0 Å². The van der Waals surface area contributed by atoms with E-state index < -0.39 is 6.29 Å². The van der Waals surface area contributed by atoms with Crippen molar-refractivity contribution in [2.75, 3.05) is 19.8 Å². The molecule has 1 aliphatic rings. The molecular weight excluding hydrogens is 306 g/mol. The zero-order valence-corrected chi connectivity index (χ0v) is 14.2. The molecule has 0 saturated carbocycles. The molecule has 0 aromatic heterocycles. The van der Waals surface area contributed by atoms with Crippen molar-refractivity contribution in [3.05, 3.63) is 47.7 Å². The van der Waals surface area contributed by atoms with Crippen molar-refractivity contribution in [1.82, 2.24) is 5.32 Å². The van der Waals surface area contributed by atoms with Gasteiger partial charge < -0.3 is 19.9 Å². The molecule has 5 heteroatoms. The molecule has 2 atom stereocenters. The summed E-state index contributed by atoms with van der Waals surface area (Å²) < 4.78 is 11.3. The maximum atomic E-state index is 12.3. The van der Waals surface area contributed by atoms with Crippen molar-refractivity contribution in [3.8, 4) is 0 Å². The minimum Gasteiger partial charge on any atom is -0.459 e.